The van der Waals surface area contributed by atoms with Gasteiger partial charge in [0.25, 0.3) is 5.91 Å². The molecule has 1 aliphatic rings. The lowest BCUT2D eigenvalue weighted by atomic mass is 9.94. The van der Waals surface area contributed by atoms with Gasteiger partial charge in [0.15, 0.2) is 0 Å². The average molecular weight is 406 g/mol. The molecule has 1 saturated heterocycles. The minimum absolute atomic E-state index is 0.00846. The van der Waals surface area contributed by atoms with Crippen LogP contribution >= 0.6 is 0 Å². The highest BCUT2D eigenvalue weighted by atomic mass is 19.1. The number of benzene rings is 3. The number of fused-ring (bicyclic) bond motifs is 1. The van der Waals surface area contributed by atoms with Crippen LogP contribution in [0.4, 0.5) is 10.1 Å². The molecule has 0 unspecified atom stereocenters. The number of halogens is 1. The van der Waals surface area contributed by atoms with E-state index in [2.05, 4.69) is 5.32 Å². The molecule has 1 fully saturated rings. The zero-order valence-corrected chi connectivity index (χ0v) is 16.7. The fraction of sp³-hybridized carbons (Fsp3) is 0.250. The standard InChI is InChI=1S/C24H23FN2O3/c1-30-22-15-18(25)9-10-21(22)26-23(28)17-11-13-27(14-12-17)24(29)20-8-4-6-16-5-2-3-7-19(16)20/h2-10,15,17H,11-14H2,1H3,(H,26,28). The minimum Gasteiger partial charge on any atom is -0.494 e. The largest absolute Gasteiger partial charge is 0.494 e. The molecule has 1 aliphatic heterocycles. The molecule has 0 atom stereocenters. The number of rotatable bonds is 4. The van der Waals surface area contributed by atoms with Crippen LogP contribution < -0.4 is 10.1 Å². The van der Waals surface area contributed by atoms with Gasteiger partial charge in [-0.15, -0.1) is 0 Å². The Labute approximate surface area is 174 Å². The van der Waals surface area contributed by atoms with Gasteiger partial charge >= 0.3 is 0 Å². The van der Waals surface area contributed by atoms with E-state index in [4.69, 9.17) is 4.74 Å². The summed E-state index contributed by atoms with van der Waals surface area (Å²) in [6.07, 6.45) is 1.15. The fourth-order valence-corrected chi connectivity index (χ4v) is 3.93. The van der Waals surface area contributed by atoms with E-state index in [1.807, 2.05) is 47.4 Å². The van der Waals surface area contributed by atoms with Gasteiger partial charge in [-0.3, -0.25) is 9.59 Å². The second-order valence-electron chi connectivity index (χ2n) is 7.43. The number of nitrogens with one attached hydrogen (secondary N) is 1. The van der Waals surface area contributed by atoms with Crippen LogP contribution in [0.15, 0.2) is 60.7 Å². The van der Waals surface area contributed by atoms with Crippen LogP contribution in [0.2, 0.25) is 0 Å². The van der Waals surface area contributed by atoms with Crippen LogP contribution in [-0.4, -0.2) is 36.9 Å². The summed E-state index contributed by atoms with van der Waals surface area (Å²) in [4.78, 5) is 27.6. The second kappa shape index (κ2) is 8.53. The number of amides is 2. The van der Waals surface area contributed by atoms with Gasteiger partial charge in [0.05, 0.1) is 12.8 Å². The predicted octanol–water partition coefficient (Wildman–Crippen LogP) is 4.48. The van der Waals surface area contributed by atoms with E-state index >= 15 is 0 Å². The van der Waals surface area contributed by atoms with Gasteiger partial charge in [-0.1, -0.05) is 36.4 Å². The number of nitrogens with zero attached hydrogens (tertiary/aromatic N) is 1. The van der Waals surface area contributed by atoms with Crippen LogP contribution in [0.1, 0.15) is 23.2 Å². The number of ether oxygens (including phenoxy) is 1. The fourth-order valence-electron chi connectivity index (χ4n) is 3.93. The second-order valence-corrected chi connectivity index (χ2v) is 7.43. The van der Waals surface area contributed by atoms with Gasteiger partial charge in [-0.05, 0) is 41.8 Å². The Kier molecular flexibility index (Phi) is 5.65. The molecule has 4 rings (SSSR count). The quantitative estimate of drug-likeness (QED) is 0.695. The Balaban J connectivity index is 1.41. The Bertz CT molecular complexity index is 1090. The number of carbonyl (C=O) groups excluding carboxylic acids is 2. The molecule has 3 aromatic rings. The van der Waals surface area contributed by atoms with Crippen molar-refractivity contribution in [3.8, 4) is 5.75 Å². The maximum atomic E-state index is 13.4. The van der Waals surface area contributed by atoms with E-state index in [-0.39, 0.29) is 23.5 Å². The van der Waals surface area contributed by atoms with Crippen LogP contribution in [0.3, 0.4) is 0 Å². The summed E-state index contributed by atoms with van der Waals surface area (Å²) < 4.78 is 18.5. The maximum Gasteiger partial charge on any atom is 0.254 e. The van der Waals surface area contributed by atoms with Gasteiger partial charge in [0.1, 0.15) is 11.6 Å². The third-order valence-corrected chi connectivity index (χ3v) is 5.59. The highest BCUT2D eigenvalue weighted by molar-refractivity contribution is 6.07. The molecule has 30 heavy (non-hydrogen) atoms. The number of hydrogen-bond donors (Lipinski definition) is 1. The maximum absolute atomic E-state index is 13.4. The molecule has 1 N–H and O–H groups in total. The van der Waals surface area contributed by atoms with E-state index in [1.165, 1.54) is 25.3 Å². The lowest BCUT2D eigenvalue weighted by Crippen LogP contribution is -2.41. The molecule has 0 spiro atoms. The van der Waals surface area contributed by atoms with Crippen LogP contribution in [0.25, 0.3) is 10.8 Å². The molecular weight excluding hydrogens is 383 g/mol. The molecule has 6 heteroatoms. The monoisotopic (exact) mass is 406 g/mol. The lowest BCUT2D eigenvalue weighted by Gasteiger charge is -2.31. The first kappa shape index (κ1) is 19.9. The van der Waals surface area contributed by atoms with Gasteiger partial charge in [0, 0.05) is 30.6 Å². The Morgan fingerprint density at radius 3 is 2.53 bits per heavy atom. The van der Waals surface area contributed by atoms with Crippen LogP contribution in [0.5, 0.6) is 5.75 Å². The summed E-state index contributed by atoms with van der Waals surface area (Å²) in [5, 5.41) is 4.80. The molecule has 154 valence electrons. The van der Waals surface area contributed by atoms with E-state index in [1.54, 1.807) is 0 Å². The smallest absolute Gasteiger partial charge is 0.254 e. The van der Waals surface area contributed by atoms with Crippen LogP contribution in [0, 0.1) is 11.7 Å². The number of likely N-dealkylation sites (tertiary alicyclic amines) is 1. The number of anilines is 1. The Morgan fingerprint density at radius 1 is 1.03 bits per heavy atom. The molecular formula is C24H23FN2O3. The molecule has 3 aromatic carbocycles. The number of piperidine rings is 1. The van der Waals surface area contributed by atoms with Crippen molar-refractivity contribution in [2.24, 2.45) is 5.92 Å². The Morgan fingerprint density at radius 2 is 1.77 bits per heavy atom. The summed E-state index contributed by atoms with van der Waals surface area (Å²) in [7, 11) is 1.43. The number of hydrogen-bond acceptors (Lipinski definition) is 3. The van der Waals surface area contributed by atoms with Crippen molar-refractivity contribution in [1.29, 1.82) is 0 Å². The van der Waals surface area contributed by atoms with Crippen molar-refractivity contribution < 1.29 is 18.7 Å². The van der Waals surface area contributed by atoms with Gasteiger partial charge in [-0.25, -0.2) is 4.39 Å². The van der Waals surface area contributed by atoms with E-state index in [0.29, 0.717) is 37.2 Å². The summed E-state index contributed by atoms with van der Waals surface area (Å²) in [5.41, 5.74) is 1.13. The van der Waals surface area contributed by atoms with Crippen molar-refractivity contribution >= 4 is 28.3 Å². The van der Waals surface area contributed by atoms with Crippen molar-refractivity contribution in [3.05, 3.63) is 72.0 Å². The third kappa shape index (κ3) is 3.99. The topological polar surface area (TPSA) is 58.6 Å². The zero-order chi connectivity index (χ0) is 21.1. The number of methoxy groups -OCH3 is 1. The van der Waals surface area contributed by atoms with Gasteiger partial charge in [-0.2, -0.15) is 0 Å². The van der Waals surface area contributed by atoms with Gasteiger partial charge in [0.2, 0.25) is 5.91 Å². The summed E-state index contributed by atoms with van der Waals surface area (Å²) >= 11 is 0. The Hall–Kier alpha value is -3.41. The molecule has 0 radical (unpaired) electrons. The molecule has 0 aliphatic carbocycles. The minimum atomic E-state index is -0.426. The molecule has 0 aromatic heterocycles. The summed E-state index contributed by atoms with van der Waals surface area (Å²) in [6.45, 7) is 1.03. The number of carbonyl (C=O) groups is 2. The average Bonchev–Trinajstić information content (AvgIpc) is 2.79. The van der Waals surface area contributed by atoms with E-state index in [9.17, 15) is 14.0 Å². The van der Waals surface area contributed by atoms with Crippen LogP contribution in [-0.2, 0) is 4.79 Å². The summed E-state index contributed by atoms with van der Waals surface area (Å²) in [5.74, 6) is -0.503. The first-order chi connectivity index (χ1) is 14.6. The molecule has 5 nitrogen and oxygen atoms in total. The molecule has 0 saturated carbocycles. The van der Waals surface area contributed by atoms with Crippen molar-refractivity contribution in [2.45, 2.75) is 12.8 Å². The van der Waals surface area contributed by atoms with E-state index in [0.717, 1.165) is 10.8 Å². The van der Waals surface area contributed by atoms with Crippen molar-refractivity contribution in [2.75, 3.05) is 25.5 Å². The predicted molar refractivity (Wildman–Crippen MR) is 114 cm³/mol. The zero-order valence-electron chi connectivity index (χ0n) is 16.7. The highest BCUT2D eigenvalue weighted by Crippen LogP contribution is 2.28. The highest BCUT2D eigenvalue weighted by Gasteiger charge is 2.28. The van der Waals surface area contributed by atoms with Crippen molar-refractivity contribution in [1.82, 2.24) is 4.90 Å². The lowest BCUT2D eigenvalue weighted by molar-refractivity contribution is -0.121. The SMILES string of the molecule is COc1cc(F)ccc1NC(=O)C1CCN(C(=O)c2cccc3ccccc23)CC1. The summed E-state index contributed by atoms with van der Waals surface area (Å²) in [6, 6.07) is 17.6. The third-order valence-electron chi connectivity index (χ3n) is 5.59. The first-order valence-electron chi connectivity index (χ1n) is 9.98. The first-order valence-corrected chi connectivity index (χ1v) is 9.98. The normalized spacial score (nSPS) is 14.5. The molecule has 1 heterocycles. The van der Waals surface area contributed by atoms with E-state index < -0.39 is 5.82 Å². The van der Waals surface area contributed by atoms with Gasteiger partial charge < -0.3 is 15.0 Å². The van der Waals surface area contributed by atoms with Crippen molar-refractivity contribution in [3.63, 3.8) is 0 Å². The molecule has 2 amide bonds. The molecule has 0 bridgehead atoms.